The molecular weight excluding hydrogens is 262 g/mol. The fraction of sp³-hybridized carbons (Fsp3) is 0.250. The molecule has 0 fully saturated rings. The second-order valence-corrected chi connectivity index (χ2v) is 4.63. The fourth-order valence-corrected chi connectivity index (χ4v) is 2.40. The van der Waals surface area contributed by atoms with Crippen molar-refractivity contribution in [2.45, 2.75) is 6.42 Å². The smallest absolute Gasteiger partial charge is 0.221 e. The molecule has 0 aromatic carbocycles. The molecule has 7 heteroatoms. The normalized spacial score (nSPS) is 10.2. The SMILES string of the molecule is CNC(=O)CCNc1snc(N)c1-c1ccncc1. The van der Waals surface area contributed by atoms with Crippen molar-refractivity contribution >= 4 is 28.3 Å². The largest absolute Gasteiger partial charge is 0.382 e. The quantitative estimate of drug-likeness (QED) is 0.767. The summed E-state index contributed by atoms with van der Waals surface area (Å²) in [6.45, 7) is 0.541. The Morgan fingerprint density at radius 1 is 1.42 bits per heavy atom. The summed E-state index contributed by atoms with van der Waals surface area (Å²) < 4.78 is 4.15. The van der Waals surface area contributed by atoms with E-state index in [2.05, 4.69) is 20.0 Å². The third kappa shape index (κ3) is 3.19. The standard InChI is InChI=1S/C12H15N5OS/c1-14-9(18)4-7-16-12-10(11(13)17-19-12)8-2-5-15-6-3-8/h2-3,5-6,16H,4,7H2,1H3,(H2,13,17)(H,14,18). The van der Waals surface area contributed by atoms with E-state index < -0.39 is 0 Å². The molecule has 0 radical (unpaired) electrons. The van der Waals surface area contributed by atoms with Gasteiger partial charge in [0.15, 0.2) is 0 Å². The summed E-state index contributed by atoms with van der Waals surface area (Å²) in [6, 6.07) is 3.76. The van der Waals surface area contributed by atoms with Crippen molar-refractivity contribution in [3.05, 3.63) is 24.5 Å². The lowest BCUT2D eigenvalue weighted by atomic mass is 10.1. The zero-order chi connectivity index (χ0) is 13.7. The van der Waals surface area contributed by atoms with E-state index in [0.717, 1.165) is 16.1 Å². The molecule has 0 atom stereocenters. The van der Waals surface area contributed by atoms with Crippen LogP contribution in [0.25, 0.3) is 11.1 Å². The van der Waals surface area contributed by atoms with Gasteiger partial charge < -0.3 is 16.4 Å². The van der Waals surface area contributed by atoms with Crippen LogP contribution < -0.4 is 16.4 Å². The number of hydrogen-bond donors (Lipinski definition) is 3. The Labute approximate surface area is 115 Å². The minimum atomic E-state index is -0.00421. The minimum absolute atomic E-state index is 0.00421. The zero-order valence-electron chi connectivity index (χ0n) is 10.5. The van der Waals surface area contributed by atoms with Crippen LogP contribution in [0.1, 0.15) is 6.42 Å². The Morgan fingerprint density at radius 3 is 2.84 bits per heavy atom. The van der Waals surface area contributed by atoms with Crippen LogP contribution >= 0.6 is 11.5 Å². The highest BCUT2D eigenvalue weighted by Crippen LogP contribution is 2.36. The van der Waals surface area contributed by atoms with Crippen molar-refractivity contribution in [3.63, 3.8) is 0 Å². The van der Waals surface area contributed by atoms with Crippen LogP contribution in [-0.4, -0.2) is 28.9 Å². The highest BCUT2D eigenvalue weighted by molar-refractivity contribution is 7.11. The molecule has 0 saturated heterocycles. The van der Waals surface area contributed by atoms with Crippen molar-refractivity contribution in [2.75, 3.05) is 24.6 Å². The zero-order valence-corrected chi connectivity index (χ0v) is 11.3. The minimum Gasteiger partial charge on any atom is -0.382 e. The molecule has 19 heavy (non-hydrogen) atoms. The van der Waals surface area contributed by atoms with Crippen molar-refractivity contribution in [3.8, 4) is 11.1 Å². The van der Waals surface area contributed by atoms with Crippen molar-refractivity contribution in [1.29, 1.82) is 0 Å². The van der Waals surface area contributed by atoms with Crippen LogP contribution in [0, 0.1) is 0 Å². The van der Waals surface area contributed by atoms with Crippen LogP contribution in [0.3, 0.4) is 0 Å². The van der Waals surface area contributed by atoms with E-state index in [4.69, 9.17) is 5.73 Å². The van der Waals surface area contributed by atoms with E-state index in [-0.39, 0.29) is 5.91 Å². The average Bonchev–Trinajstić information content (AvgIpc) is 2.80. The molecule has 2 rings (SSSR count). The summed E-state index contributed by atoms with van der Waals surface area (Å²) in [5.74, 6) is 0.481. The number of carbonyl (C=O) groups excluding carboxylic acids is 1. The van der Waals surface area contributed by atoms with Crippen molar-refractivity contribution in [1.82, 2.24) is 14.7 Å². The van der Waals surface area contributed by atoms with Crippen molar-refractivity contribution in [2.24, 2.45) is 0 Å². The summed E-state index contributed by atoms with van der Waals surface area (Å²) >= 11 is 1.29. The fourth-order valence-electron chi connectivity index (χ4n) is 1.64. The average molecular weight is 277 g/mol. The van der Waals surface area contributed by atoms with Gasteiger partial charge in [-0.15, -0.1) is 0 Å². The molecule has 4 N–H and O–H groups in total. The van der Waals surface area contributed by atoms with Gasteiger partial charge >= 0.3 is 0 Å². The molecule has 0 aliphatic rings. The maximum atomic E-state index is 11.2. The van der Waals surface area contributed by atoms with Gasteiger partial charge in [0.2, 0.25) is 5.91 Å². The van der Waals surface area contributed by atoms with Crippen LogP contribution in [0.15, 0.2) is 24.5 Å². The first-order valence-corrected chi connectivity index (χ1v) is 6.59. The Hall–Kier alpha value is -2.15. The molecule has 1 amide bonds. The molecule has 2 aromatic heterocycles. The van der Waals surface area contributed by atoms with E-state index in [1.807, 2.05) is 12.1 Å². The number of amides is 1. The van der Waals surface area contributed by atoms with E-state index in [1.165, 1.54) is 11.5 Å². The molecule has 0 bridgehead atoms. The van der Waals surface area contributed by atoms with Gasteiger partial charge in [0.1, 0.15) is 10.8 Å². The van der Waals surface area contributed by atoms with Gasteiger partial charge in [0.25, 0.3) is 0 Å². The number of nitrogens with two attached hydrogens (primary N) is 1. The van der Waals surface area contributed by atoms with Crippen molar-refractivity contribution < 1.29 is 4.79 Å². The number of nitrogens with zero attached hydrogens (tertiary/aromatic N) is 2. The predicted octanol–water partition coefficient (Wildman–Crippen LogP) is 1.34. The Bertz CT molecular complexity index is 555. The molecule has 2 aromatic rings. The summed E-state index contributed by atoms with van der Waals surface area (Å²) in [7, 11) is 1.62. The second kappa shape index (κ2) is 6.14. The monoisotopic (exact) mass is 277 g/mol. The highest BCUT2D eigenvalue weighted by Gasteiger charge is 2.13. The number of rotatable bonds is 5. The summed E-state index contributed by atoms with van der Waals surface area (Å²) in [4.78, 5) is 15.1. The molecule has 6 nitrogen and oxygen atoms in total. The first-order valence-electron chi connectivity index (χ1n) is 5.82. The van der Waals surface area contributed by atoms with E-state index in [1.54, 1.807) is 19.4 Å². The lowest BCUT2D eigenvalue weighted by molar-refractivity contribution is -0.120. The lowest BCUT2D eigenvalue weighted by Gasteiger charge is -2.06. The van der Waals surface area contributed by atoms with Crippen LogP contribution in [0.5, 0.6) is 0 Å². The number of pyridine rings is 1. The van der Waals surface area contributed by atoms with E-state index >= 15 is 0 Å². The van der Waals surface area contributed by atoms with Gasteiger partial charge in [-0.3, -0.25) is 9.78 Å². The van der Waals surface area contributed by atoms with E-state index in [9.17, 15) is 4.79 Å². The van der Waals surface area contributed by atoms with Gasteiger partial charge in [-0.25, -0.2) is 0 Å². The lowest BCUT2D eigenvalue weighted by Crippen LogP contribution is -2.20. The predicted molar refractivity (Wildman–Crippen MR) is 76.9 cm³/mol. The van der Waals surface area contributed by atoms with Crippen LogP contribution in [-0.2, 0) is 4.79 Å². The van der Waals surface area contributed by atoms with Gasteiger partial charge in [-0.05, 0) is 29.2 Å². The third-order valence-electron chi connectivity index (χ3n) is 2.60. The molecule has 0 spiro atoms. The van der Waals surface area contributed by atoms with Gasteiger partial charge in [-0.2, -0.15) is 4.37 Å². The number of nitrogens with one attached hydrogen (secondary N) is 2. The number of anilines is 2. The first kappa shape index (κ1) is 13.3. The summed E-state index contributed by atoms with van der Waals surface area (Å²) in [5.41, 5.74) is 7.72. The number of nitrogen functional groups attached to an aromatic ring is 1. The molecule has 100 valence electrons. The highest BCUT2D eigenvalue weighted by atomic mass is 32.1. The topological polar surface area (TPSA) is 92.9 Å². The number of aromatic nitrogens is 2. The Kier molecular flexibility index (Phi) is 4.30. The van der Waals surface area contributed by atoms with Crippen LogP contribution in [0.4, 0.5) is 10.8 Å². The maximum absolute atomic E-state index is 11.2. The summed E-state index contributed by atoms with van der Waals surface area (Å²) in [6.07, 6.45) is 3.82. The Morgan fingerprint density at radius 2 is 2.16 bits per heavy atom. The van der Waals surface area contributed by atoms with Crippen LogP contribution in [0.2, 0.25) is 0 Å². The molecule has 0 aliphatic heterocycles. The number of carbonyl (C=O) groups is 1. The first-order chi connectivity index (χ1) is 9.22. The molecule has 2 heterocycles. The summed E-state index contributed by atoms with van der Waals surface area (Å²) in [5, 5.41) is 6.64. The Balaban J connectivity index is 2.12. The molecule has 0 saturated carbocycles. The molecular formula is C12H15N5OS. The van der Waals surface area contributed by atoms with E-state index in [0.29, 0.717) is 18.8 Å². The van der Waals surface area contributed by atoms with Gasteiger partial charge in [0, 0.05) is 32.4 Å². The van der Waals surface area contributed by atoms with Gasteiger partial charge in [0.05, 0.1) is 5.56 Å². The maximum Gasteiger partial charge on any atom is 0.221 e. The third-order valence-corrected chi connectivity index (χ3v) is 3.42. The second-order valence-electron chi connectivity index (χ2n) is 3.86. The van der Waals surface area contributed by atoms with Gasteiger partial charge in [-0.1, -0.05) is 0 Å². The molecule has 0 unspecified atom stereocenters. The number of hydrogen-bond acceptors (Lipinski definition) is 6. The molecule has 0 aliphatic carbocycles.